The zero-order chi connectivity index (χ0) is 19.6. The van der Waals surface area contributed by atoms with Crippen LogP contribution in [0.3, 0.4) is 0 Å². The SMILES string of the molecule is Cc1ccc(CN(C(=O)COc2cccc(C)c2C)[C@@H]2CCS(=O)(=O)C2)o1. The van der Waals surface area contributed by atoms with Crippen LogP contribution < -0.4 is 4.74 Å². The highest BCUT2D eigenvalue weighted by Gasteiger charge is 2.35. The first-order valence-corrected chi connectivity index (χ1v) is 10.8. The number of benzene rings is 1. The minimum atomic E-state index is -3.11. The topological polar surface area (TPSA) is 76.8 Å². The Hall–Kier alpha value is -2.28. The normalized spacial score (nSPS) is 18.4. The highest BCUT2D eigenvalue weighted by molar-refractivity contribution is 7.91. The van der Waals surface area contributed by atoms with Crippen LogP contribution in [0.5, 0.6) is 5.75 Å². The van der Waals surface area contributed by atoms with Crippen LogP contribution in [-0.2, 0) is 21.2 Å². The molecule has 7 heteroatoms. The Morgan fingerprint density at radius 3 is 2.63 bits per heavy atom. The second kappa shape index (κ2) is 7.76. The monoisotopic (exact) mass is 391 g/mol. The molecule has 0 N–H and O–H groups in total. The molecule has 1 amide bonds. The summed E-state index contributed by atoms with van der Waals surface area (Å²) >= 11 is 0. The Labute approximate surface area is 160 Å². The number of hydrogen-bond acceptors (Lipinski definition) is 5. The van der Waals surface area contributed by atoms with Gasteiger partial charge in [-0.15, -0.1) is 0 Å². The number of aryl methyl sites for hydroxylation is 2. The van der Waals surface area contributed by atoms with Crippen molar-refractivity contribution in [2.24, 2.45) is 0 Å². The molecule has 146 valence electrons. The molecule has 0 unspecified atom stereocenters. The zero-order valence-corrected chi connectivity index (χ0v) is 16.7. The molecule has 1 aliphatic rings. The van der Waals surface area contributed by atoms with E-state index >= 15 is 0 Å². The van der Waals surface area contributed by atoms with Gasteiger partial charge in [0.15, 0.2) is 16.4 Å². The number of sulfone groups is 1. The minimum absolute atomic E-state index is 0.0120. The van der Waals surface area contributed by atoms with Crippen molar-refractivity contribution in [1.29, 1.82) is 0 Å². The first kappa shape index (κ1) is 19.5. The summed E-state index contributed by atoms with van der Waals surface area (Å²) in [5, 5.41) is 0. The molecule has 2 heterocycles. The fourth-order valence-corrected chi connectivity index (χ4v) is 5.01. The summed E-state index contributed by atoms with van der Waals surface area (Å²) in [4.78, 5) is 14.5. The molecule has 0 saturated carbocycles. The van der Waals surface area contributed by atoms with Crippen LogP contribution in [0.2, 0.25) is 0 Å². The van der Waals surface area contributed by atoms with Crippen LogP contribution in [0.1, 0.15) is 29.1 Å². The zero-order valence-electron chi connectivity index (χ0n) is 15.9. The third-order valence-electron chi connectivity index (χ3n) is 5.00. The van der Waals surface area contributed by atoms with Gasteiger partial charge in [-0.25, -0.2) is 8.42 Å². The number of carbonyl (C=O) groups is 1. The first-order valence-electron chi connectivity index (χ1n) is 8.99. The average molecular weight is 391 g/mol. The molecule has 0 radical (unpaired) electrons. The molecule has 0 aliphatic carbocycles. The highest BCUT2D eigenvalue weighted by atomic mass is 32.2. The van der Waals surface area contributed by atoms with Gasteiger partial charge in [0.05, 0.1) is 18.1 Å². The summed E-state index contributed by atoms with van der Waals surface area (Å²) in [6.45, 7) is 5.86. The summed E-state index contributed by atoms with van der Waals surface area (Å²) in [5.74, 6) is 1.90. The lowest BCUT2D eigenvalue weighted by molar-refractivity contribution is -0.136. The smallest absolute Gasteiger partial charge is 0.261 e. The second-order valence-electron chi connectivity index (χ2n) is 7.08. The average Bonchev–Trinajstić information content (AvgIpc) is 3.18. The first-order chi connectivity index (χ1) is 12.7. The molecule has 27 heavy (non-hydrogen) atoms. The molecule has 3 rings (SSSR count). The predicted octanol–water partition coefficient (Wildman–Crippen LogP) is 2.80. The van der Waals surface area contributed by atoms with E-state index < -0.39 is 9.84 Å². The maximum absolute atomic E-state index is 12.9. The molecule has 1 saturated heterocycles. The van der Waals surface area contributed by atoms with Crippen LogP contribution in [0.4, 0.5) is 0 Å². The van der Waals surface area contributed by atoms with E-state index in [1.807, 2.05) is 51.1 Å². The molecule has 0 spiro atoms. The van der Waals surface area contributed by atoms with Gasteiger partial charge in [0.25, 0.3) is 5.91 Å². The van der Waals surface area contributed by atoms with E-state index in [0.29, 0.717) is 17.9 Å². The van der Waals surface area contributed by atoms with Crippen molar-refractivity contribution < 1.29 is 22.4 Å². The van der Waals surface area contributed by atoms with Gasteiger partial charge in [-0.05, 0) is 56.5 Å². The van der Waals surface area contributed by atoms with E-state index in [0.717, 1.165) is 16.9 Å². The maximum atomic E-state index is 12.9. The Morgan fingerprint density at radius 1 is 1.22 bits per heavy atom. The summed E-state index contributed by atoms with van der Waals surface area (Å²) < 4.78 is 35.1. The maximum Gasteiger partial charge on any atom is 0.261 e. The van der Waals surface area contributed by atoms with E-state index in [9.17, 15) is 13.2 Å². The molecule has 6 nitrogen and oxygen atoms in total. The number of nitrogens with zero attached hydrogens (tertiary/aromatic N) is 1. The minimum Gasteiger partial charge on any atom is -0.483 e. The Kier molecular flexibility index (Phi) is 5.60. The van der Waals surface area contributed by atoms with Gasteiger partial charge in [0.1, 0.15) is 17.3 Å². The van der Waals surface area contributed by atoms with Gasteiger partial charge < -0.3 is 14.1 Å². The quantitative estimate of drug-likeness (QED) is 0.757. The van der Waals surface area contributed by atoms with Crippen LogP contribution in [0.15, 0.2) is 34.7 Å². The number of furan rings is 1. The number of rotatable bonds is 6. The lowest BCUT2D eigenvalue weighted by atomic mass is 10.1. The van der Waals surface area contributed by atoms with Gasteiger partial charge in [0, 0.05) is 6.04 Å². The molecule has 1 aliphatic heterocycles. The van der Waals surface area contributed by atoms with E-state index in [1.165, 1.54) is 0 Å². The summed E-state index contributed by atoms with van der Waals surface area (Å²) in [5.41, 5.74) is 2.08. The van der Waals surface area contributed by atoms with Gasteiger partial charge in [-0.1, -0.05) is 12.1 Å². The Bertz CT molecular complexity index is 932. The van der Waals surface area contributed by atoms with E-state index in [1.54, 1.807) is 4.90 Å². The van der Waals surface area contributed by atoms with Crippen molar-refractivity contribution in [3.05, 3.63) is 53.0 Å². The van der Waals surface area contributed by atoms with Crippen LogP contribution in [0, 0.1) is 20.8 Å². The van der Waals surface area contributed by atoms with Gasteiger partial charge in [0.2, 0.25) is 0 Å². The second-order valence-corrected chi connectivity index (χ2v) is 9.31. The predicted molar refractivity (Wildman–Crippen MR) is 102 cm³/mol. The lowest BCUT2D eigenvalue weighted by Gasteiger charge is -2.27. The van der Waals surface area contributed by atoms with Gasteiger partial charge in [-0.2, -0.15) is 0 Å². The molecule has 0 bridgehead atoms. The van der Waals surface area contributed by atoms with Crippen molar-refractivity contribution in [3.63, 3.8) is 0 Å². The lowest BCUT2D eigenvalue weighted by Crippen LogP contribution is -2.43. The summed E-state index contributed by atoms with van der Waals surface area (Å²) in [6.07, 6.45) is 0.442. The van der Waals surface area contributed by atoms with E-state index in [-0.39, 0.29) is 36.6 Å². The molecule has 1 atom stereocenters. The highest BCUT2D eigenvalue weighted by Crippen LogP contribution is 2.23. The number of amides is 1. The van der Waals surface area contributed by atoms with E-state index in [2.05, 4.69) is 0 Å². The largest absolute Gasteiger partial charge is 0.483 e. The standard InChI is InChI=1S/C20H25NO5S/c1-14-5-4-6-19(16(14)3)25-12-20(22)21(11-18-8-7-15(2)26-18)17-9-10-27(23,24)13-17/h4-8,17H,9-13H2,1-3H3/t17-/m1/s1. The van der Waals surface area contributed by atoms with Gasteiger partial charge in [-0.3, -0.25) is 4.79 Å². The Balaban J connectivity index is 1.74. The van der Waals surface area contributed by atoms with E-state index in [4.69, 9.17) is 9.15 Å². The summed E-state index contributed by atoms with van der Waals surface area (Å²) in [6, 6.07) is 8.99. The fraction of sp³-hybridized carbons (Fsp3) is 0.450. The van der Waals surface area contributed by atoms with Crippen LogP contribution >= 0.6 is 0 Å². The van der Waals surface area contributed by atoms with Crippen LogP contribution in [0.25, 0.3) is 0 Å². The van der Waals surface area contributed by atoms with Crippen molar-refractivity contribution in [2.75, 3.05) is 18.1 Å². The molecule has 1 fully saturated rings. The third-order valence-corrected chi connectivity index (χ3v) is 6.75. The molecule has 1 aromatic heterocycles. The Morgan fingerprint density at radius 2 is 2.00 bits per heavy atom. The molecular weight excluding hydrogens is 366 g/mol. The number of ether oxygens (including phenoxy) is 1. The third kappa shape index (κ3) is 4.71. The molecule has 2 aromatic rings. The van der Waals surface area contributed by atoms with Crippen molar-refractivity contribution >= 4 is 15.7 Å². The van der Waals surface area contributed by atoms with Gasteiger partial charge >= 0.3 is 0 Å². The van der Waals surface area contributed by atoms with Crippen molar-refractivity contribution in [2.45, 2.75) is 39.8 Å². The van der Waals surface area contributed by atoms with Crippen molar-refractivity contribution in [3.8, 4) is 5.75 Å². The van der Waals surface area contributed by atoms with Crippen LogP contribution in [-0.4, -0.2) is 43.4 Å². The number of hydrogen-bond donors (Lipinski definition) is 0. The fourth-order valence-electron chi connectivity index (χ4n) is 3.28. The number of carbonyl (C=O) groups excluding carboxylic acids is 1. The van der Waals surface area contributed by atoms with Crippen molar-refractivity contribution in [1.82, 2.24) is 4.90 Å². The molecular formula is C20H25NO5S. The summed E-state index contributed by atoms with van der Waals surface area (Å²) in [7, 11) is -3.11. The molecule has 1 aromatic carbocycles.